The highest BCUT2D eigenvalue weighted by Gasteiger charge is 2.33. The summed E-state index contributed by atoms with van der Waals surface area (Å²) in [7, 11) is -1.65. The van der Waals surface area contributed by atoms with Gasteiger partial charge in [-0.25, -0.2) is 18.0 Å². The minimum absolute atomic E-state index is 0.0324. The van der Waals surface area contributed by atoms with E-state index in [4.69, 9.17) is 5.73 Å². The number of methoxy groups -OCH3 is 2. The summed E-state index contributed by atoms with van der Waals surface area (Å²) in [5.74, 6) is -1.50. The van der Waals surface area contributed by atoms with E-state index >= 15 is 0 Å². The van der Waals surface area contributed by atoms with Crippen LogP contribution >= 0.6 is 0 Å². The Kier molecular flexibility index (Phi) is 5.58. The van der Waals surface area contributed by atoms with E-state index in [-0.39, 0.29) is 28.6 Å². The van der Waals surface area contributed by atoms with E-state index in [1.165, 1.54) is 23.5 Å². The molecular weight excluding hydrogens is 336 g/mol. The van der Waals surface area contributed by atoms with Crippen molar-refractivity contribution in [2.75, 3.05) is 27.3 Å². The van der Waals surface area contributed by atoms with E-state index in [2.05, 4.69) is 9.47 Å². The fraction of sp³-hybridized carbons (Fsp3) is 0.467. The lowest BCUT2D eigenvalue weighted by Crippen LogP contribution is -2.45. The van der Waals surface area contributed by atoms with Crippen molar-refractivity contribution in [2.24, 2.45) is 5.73 Å². The van der Waals surface area contributed by atoms with Crippen LogP contribution in [0.2, 0.25) is 0 Å². The summed E-state index contributed by atoms with van der Waals surface area (Å²) in [6, 6.07) is 3.43. The van der Waals surface area contributed by atoms with Crippen molar-refractivity contribution in [3.8, 4) is 0 Å². The Morgan fingerprint density at radius 2 is 1.88 bits per heavy atom. The first-order valence-corrected chi connectivity index (χ1v) is 8.81. The molecule has 2 N–H and O–H groups in total. The third-order valence-corrected chi connectivity index (χ3v) is 5.75. The second-order valence-electron chi connectivity index (χ2n) is 5.46. The third kappa shape index (κ3) is 3.58. The number of rotatable bonds is 4. The first kappa shape index (κ1) is 18.4. The molecule has 1 aromatic carbocycles. The second kappa shape index (κ2) is 7.29. The Hall–Kier alpha value is -1.97. The van der Waals surface area contributed by atoms with Gasteiger partial charge in [-0.1, -0.05) is 0 Å². The number of carbonyl (C=O) groups is 2. The van der Waals surface area contributed by atoms with E-state index in [1.807, 2.05) is 0 Å². The van der Waals surface area contributed by atoms with E-state index in [1.54, 1.807) is 0 Å². The van der Waals surface area contributed by atoms with Crippen LogP contribution in [-0.4, -0.2) is 58.0 Å². The standard InChI is InChI=1S/C15H20N2O6S/c1-22-14(18)10-5-6-12(15(19)23-2)13(8-10)24(20,21)17-7-3-4-11(16)9-17/h5-6,8,11H,3-4,7,9,16H2,1-2H3. The summed E-state index contributed by atoms with van der Waals surface area (Å²) in [5, 5.41) is 0. The maximum Gasteiger partial charge on any atom is 0.339 e. The Morgan fingerprint density at radius 1 is 1.21 bits per heavy atom. The van der Waals surface area contributed by atoms with Crippen LogP contribution in [0.3, 0.4) is 0 Å². The molecule has 0 aromatic heterocycles. The number of benzene rings is 1. The summed E-state index contributed by atoms with van der Waals surface area (Å²) in [5.41, 5.74) is 5.75. The molecule has 0 saturated carbocycles. The summed E-state index contributed by atoms with van der Waals surface area (Å²) in [6.45, 7) is 0.463. The van der Waals surface area contributed by atoms with Gasteiger partial charge in [-0.2, -0.15) is 4.31 Å². The number of esters is 2. The van der Waals surface area contributed by atoms with Gasteiger partial charge in [0.2, 0.25) is 10.0 Å². The largest absolute Gasteiger partial charge is 0.465 e. The van der Waals surface area contributed by atoms with E-state index in [9.17, 15) is 18.0 Å². The molecule has 1 aliphatic heterocycles. The number of nitrogens with two attached hydrogens (primary N) is 1. The van der Waals surface area contributed by atoms with Gasteiger partial charge in [0.1, 0.15) is 0 Å². The Labute approximate surface area is 140 Å². The normalized spacial score (nSPS) is 18.9. The van der Waals surface area contributed by atoms with Crippen LogP contribution in [0.1, 0.15) is 33.6 Å². The van der Waals surface area contributed by atoms with Gasteiger partial charge >= 0.3 is 11.9 Å². The Balaban J connectivity index is 2.55. The average molecular weight is 356 g/mol. The summed E-state index contributed by atoms with van der Waals surface area (Å²) in [6.07, 6.45) is 1.36. The predicted molar refractivity (Wildman–Crippen MR) is 85.1 cm³/mol. The molecule has 24 heavy (non-hydrogen) atoms. The highest BCUT2D eigenvalue weighted by Crippen LogP contribution is 2.25. The van der Waals surface area contributed by atoms with Gasteiger partial charge in [-0.15, -0.1) is 0 Å². The molecule has 1 atom stereocenters. The molecule has 0 bridgehead atoms. The molecule has 1 fully saturated rings. The van der Waals surface area contributed by atoms with Crippen LogP contribution < -0.4 is 5.73 Å². The minimum atomic E-state index is -4.00. The highest BCUT2D eigenvalue weighted by atomic mass is 32.2. The Bertz CT molecular complexity index is 746. The number of hydrogen-bond acceptors (Lipinski definition) is 7. The lowest BCUT2D eigenvalue weighted by atomic mass is 10.1. The van der Waals surface area contributed by atoms with Gasteiger partial charge in [0.25, 0.3) is 0 Å². The fourth-order valence-electron chi connectivity index (χ4n) is 2.59. The lowest BCUT2D eigenvalue weighted by molar-refractivity contribution is 0.0583. The quantitative estimate of drug-likeness (QED) is 0.775. The SMILES string of the molecule is COC(=O)c1ccc(C(=O)OC)c(S(=O)(=O)N2CCCC(N)C2)c1. The van der Waals surface area contributed by atoms with Crippen LogP contribution in [0.5, 0.6) is 0 Å². The molecule has 0 aliphatic carbocycles. The average Bonchev–Trinajstić information content (AvgIpc) is 2.59. The van der Waals surface area contributed by atoms with Crippen molar-refractivity contribution in [3.05, 3.63) is 29.3 Å². The van der Waals surface area contributed by atoms with Crippen LogP contribution in [0.4, 0.5) is 0 Å². The van der Waals surface area contributed by atoms with Crippen molar-refractivity contribution in [1.82, 2.24) is 4.31 Å². The van der Waals surface area contributed by atoms with Gasteiger partial charge < -0.3 is 15.2 Å². The van der Waals surface area contributed by atoms with Crippen LogP contribution in [-0.2, 0) is 19.5 Å². The number of sulfonamides is 1. The zero-order valence-electron chi connectivity index (χ0n) is 13.5. The van der Waals surface area contributed by atoms with Crippen molar-refractivity contribution >= 4 is 22.0 Å². The van der Waals surface area contributed by atoms with Crippen LogP contribution in [0.25, 0.3) is 0 Å². The molecule has 2 rings (SSSR count). The number of carbonyl (C=O) groups excluding carboxylic acids is 2. The highest BCUT2D eigenvalue weighted by molar-refractivity contribution is 7.89. The van der Waals surface area contributed by atoms with Gasteiger partial charge in [0.15, 0.2) is 0 Å². The topological polar surface area (TPSA) is 116 Å². The molecule has 1 unspecified atom stereocenters. The van der Waals surface area contributed by atoms with Crippen molar-refractivity contribution in [2.45, 2.75) is 23.8 Å². The summed E-state index contributed by atoms with van der Waals surface area (Å²) >= 11 is 0. The number of hydrogen-bond donors (Lipinski definition) is 1. The van der Waals surface area contributed by atoms with Gasteiger partial charge in [-0.3, -0.25) is 0 Å². The zero-order chi connectivity index (χ0) is 17.9. The molecule has 1 heterocycles. The van der Waals surface area contributed by atoms with E-state index < -0.39 is 22.0 Å². The molecule has 132 valence electrons. The first-order chi connectivity index (χ1) is 11.3. The summed E-state index contributed by atoms with van der Waals surface area (Å²) < 4.78 is 36.4. The smallest absolute Gasteiger partial charge is 0.339 e. The maximum atomic E-state index is 12.9. The van der Waals surface area contributed by atoms with E-state index in [0.717, 1.165) is 19.6 Å². The zero-order valence-corrected chi connectivity index (χ0v) is 14.3. The third-order valence-electron chi connectivity index (χ3n) is 3.85. The number of piperidine rings is 1. The van der Waals surface area contributed by atoms with Gasteiger partial charge in [0, 0.05) is 19.1 Å². The molecule has 1 aliphatic rings. The van der Waals surface area contributed by atoms with Gasteiger partial charge in [0.05, 0.1) is 30.2 Å². The molecule has 8 nitrogen and oxygen atoms in total. The predicted octanol–water partition coefficient (Wildman–Crippen LogP) is 0.372. The van der Waals surface area contributed by atoms with E-state index in [0.29, 0.717) is 13.0 Å². The van der Waals surface area contributed by atoms with Crippen LogP contribution in [0, 0.1) is 0 Å². The monoisotopic (exact) mass is 356 g/mol. The van der Waals surface area contributed by atoms with Crippen molar-refractivity contribution < 1.29 is 27.5 Å². The summed E-state index contributed by atoms with van der Waals surface area (Å²) in [4.78, 5) is 23.4. The Morgan fingerprint density at radius 3 is 2.46 bits per heavy atom. The molecule has 0 spiro atoms. The second-order valence-corrected chi connectivity index (χ2v) is 7.37. The molecule has 0 radical (unpaired) electrons. The fourth-order valence-corrected chi connectivity index (χ4v) is 4.33. The molecule has 1 saturated heterocycles. The van der Waals surface area contributed by atoms with Crippen LogP contribution in [0.15, 0.2) is 23.1 Å². The first-order valence-electron chi connectivity index (χ1n) is 7.37. The molecule has 1 aromatic rings. The number of ether oxygens (including phenoxy) is 2. The number of nitrogens with zero attached hydrogens (tertiary/aromatic N) is 1. The minimum Gasteiger partial charge on any atom is -0.465 e. The van der Waals surface area contributed by atoms with Crippen molar-refractivity contribution in [3.63, 3.8) is 0 Å². The molecular formula is C15H20N2O6S. The molecule has 9 heteroatoms. The lowest BCUT2D eigenvalue weighted by Gasteiger charge is -2.30. The van der Waals surface area contributed by atoms with Crippen molar-refractivity contribution in [1.29, 1.82) is 0 Å². The maximum absolute atomic E-state index is 12.9. The van der Waals surface area contributed by atoms with Gasteiger partial charge in [-0.05, 0) is 31.0 Å². The molecule has 0 amide bonds.